The van der Waals surface area contributed by atoms with Crippen LogP contribution in [0.3, 0.4) is 0 Å². The summed E-state index contributed by atoms with van der Waals surface area (Å²) in [5.74, 6) is 1.47. The summed E-state index contributed by atoms with van der Waals surface area (Å²) >= 11 is 1.76. The molecule has 0 aliphatic carbocycles. The molecule has 4 nitrogen and oxygen atoms in total. The highest BCUT2D eigenvalue weighted by atomic mass is 32.1. The second kappa shape index (κ2) is 7.43. The molecule has 0 unspecified atom stereocenters. The molecule has 0 aliphatic rings. The van der Waals surface area contributed by atoms with E-state index in [1.54, 1.807) is 25.6 Å². The monoisotopic (exact) mass is 306 g/mol. The molecule has 0 spiro atoms. The van der Waals surface area contributed by atoms with Crippen molar-refractivity contribution in [3.8, 4) is 22.8 Å². The third-order valence-corrected chi connectivity index (χ3v) is 4.29. The van der Waals surface area contributed by atoms with Crippen LogP contribution in [0.5, 0.6) is 11.5 Å². The molecule has 0 atom stereocenters. The summed E-state index contributed by atoms with van der Waals surface area (Å²) in [6.45, 7) is 6.18. The third kappa shape index (κ3) is 3.74. The van der Waals surface area contributed by atoms with Crippen LogP contribution in [0.4, 0.5) is 0 Å². The van der Waals surface area contributed by atoms with E-state index in [0.29, 0.717) is 0 Å². The Morgan fingerprint density at radius 2 is 1.95 bits per heavy atom. The summed E-state index contributed by atoms with van der Waals surface area (Å²) in [7, 11) is 3.29. The van der Waals surface area contributed by atoms with Crippen molar-refractivity contribution in [3.05, 3.63) is 28.1 Å². The molecule has 1 aromatic heterocycles. The van der Waals surface area contributed by atoms with Gasteiger partial charge in [0, 0.05) is 23.4 Å². The maximum Gasteiger partial charge on any atom is 0.161 e. The van der Waals surface area contributed by atoms with Gasteiger partial charge in [-0.2, -0.15) is 0 Å². The van der Waals surface area contributed by atoms with Crippen molar-refractivity contribution in [2.24, 2.45) is 0 Å². The number of hydrogen-bond acceptors (Lipinski definition) is 5. The summed E-state index contributed by atoms with van der Waals surface area (Å²) in [4.78, 5) is 6.00. The third-order valence-electron chi connectivity index (χ3n) is 3.26. The molecule has 0 saturated heterocycles. The predicted octanol–water partition coefficient (Wildman–Crippen LogP) is 3.29. The normalized spacial score (nSPS) is 10.7. The minimum atomic E-state index is 0.733. The number of methoxy groups -OCH3 is 2. The summed E-state index contributed by atoms with van der Waals surface area (Å²) in [6.07, 6.45) is 0.965. The van der Waals surface area contributed by atoms with E-state index in [2.05, 4.69) is 19.2 Å². The first-order valence-corrected chi connectivity index (χ1v) is 7.90. The molecule has 1 N–H and O–H groups in total. The van der Waals surface area contributed by atoms with Crippen LogP contribution in [-0.4, -0.2) is 32.3 Å². The fourth-order valence-electron chi connectivity index (χ4n) is 2.18. The second-order valence-electron chi connectivity index (χ2n) is 4.69. The van der Waals surface area contributed by atoms with Crippen LogP contribution >= 0.6 is 11.3 Å². The molecule has 1 aromatic carbocycles. The number of hydrogen-bond donors (Lipinski definition) is 1. The molecule has 0 bridgehead atoms. The van der Waals surface area contributed by atoms with Crippen molar-refractivity contribution >= 4 is 11.3 Å². The molecule has 0 aliphatic heterocycles. The van der Waals surface area contributed by atoms with E-state index in [1.807, 2.05) is 18.2 Å². The van der Waals surface area contributed by atoms with E-state index in [4.69, 9.17) is 14.5 Å². The Balaban J connectivity index is 2.25. The van der Waals surface area contributed by atoms with Gasteiger partial charge in [-0.05, 0) is 31.7 Å². The first kappa shape index (κ1) is 15.8. The highest BCUT2D eigenvalue weighted by Crippen LogP contribution is 2.34. The molecule has 2 aromatic rings. The first-order chi connectivity index (χ1) is 10.2. The average Bonchev–Trinajstić information content (AvgIpc) is 2.87. The van der Waals surface area contributed by atoms with Crippen molar-refractivity contribution in [2.75, 3.05) is 27.3 Å². The van der Waals surface area contributed by atoms with Crippen LogP contribution in [0, 0.1) is 6.92 Å². The number of benzene rings is 1. The number of aromatic nitrogens is 1. The largest absolute Gasteiger partial charge is 0.493 e. The summed E-state index contributed by atoms with van der Waals surface area (Å²) in [6, 6.07) is 5.93. The fourth-order valence-corrected chi connectivity index (χ4v) is 3.14. The molecule has 21 heavy (non-hydrogen) atoms. The lowest BCUT2D eigenvalue weighted by molar-refractivity contribution is 0.355. The average molecular weight is 306 g/mol. The van der Waals surface area contributed by atoms with E-state index in [0.717, 1.165) is 42.3 Å². The molecular weight excluding hydrogens is 284 g/mol. The van der Waals surface area contributed by atoms with E-state index >= 15 is 0 Å². The van der Waals surface area contributed by atoms with Crippen LogP contribution in [0.1, 0.15) is 16.8 Å². The maximum absolute atomic E-state index is 5.37. The minimum Gasteiger partial charge on any atom is -0.493 e. The predicted molar refractivity (Wildman–Crippen MR) is 87.6 cm³/mol. The molecular formula is C16H22N2O2S. The van der Waals surface area contributed by atoms with Gasteiger partial charge in [0.1, 0.15) is 0 Å². The highest BCUT2D eigenvalue weighted by molar-refractivity contribution is 7.12. The molecule has 0 fully saturated rings. The zero-order chi connectivity index (χ0) is 15.2. The zero-order valence-electron chi connectivity index (χ0n) is 13.0. The Morgan fingerprint density at radius 1 is 1.19 bits per heavy atom. The fraction of sp³-hybridized carbons (Fsp3) is 0.438. The molecule has 0 saturated carbocycles. The first-order valence-electron chi connectivity index (χ1n) is 7.09. The number of likely N-dealkylation sites (N-methyl/N-ethyl adjacent to an activating group) is 1. The maximum atomic E-state index is 5.37. The Morgan fingerprint density at radius 3 is 2.62 bits per heavy atom. The topological polar surface area (TPSA) is 43.4 Å². The van der Waals surface area contributed by atoms with Gasteiger partial charge in [-0.15, -0.1) is 11.3 Å². The van der Waals surface area contributed by atoms with Gasteiger partial charge in [0.15, 0.2) is 11.5 Å². The van der Waals surface area contributed by atoms with E-state index < -0.39 is 0 Å². The highest BCUT2D eigenvalue weighted by Gasteiger charge is 2.12. The van der Waals surface area contributed by atoms with Crippen molar-refractivity contribution in [3.63, 3.8) is 0 Å². The lowest BCUT2D eigenvalue weighted by Crippen LogP contribution is -2.15. The zero-order valence-corrected chi connectivity index (χ0v) is 13.8. The standard InChI is InChI=1S/C16H22N2O2S/c1-5-17-9-8-15-18-16(11(2)21-15)12-6-7-13(19-3)14(10-12)20-4/h6-7,10,17H,5,8-9H2,1-4H3. The SMILES string of the molecule is CCNCCc1nc(-c2ccc(OC)c(OC)c2)c(C)s1. The Bertz CT molecular complexity index is 596. The molecule has 114 valence electrons. The van der Waals surface area contributed by atoms with Crippen LogP contribution < -0.4 is 14.8 Å². The second-order valence-corrected chi connectivity index (χ2v) is 5.97. The van der Waals surface area contributed by atoms with Crippen molar-refractivity contribution in [1.82, 2.24) is 10.3 Å². The Kier molecular flexibility index (Phi) is 5.59. The lowest BCUT2D eigenvalue weighted by Gasteiger charge is -2.08. The molecule has 0 amide bonds. The van der Waals surface area contributed by atoms with Crippen molar-refractivity contribution in [2.45, 2.75) is 20.3 Å². The minimum absolute atomic E-state index is 0.733. The molecule has 1 heterocycles. The van der Waals surface area contributed by atoms with E-state index in [1.165, 1.54) is 9.88 Å². The number of rotatable bonds is 7. The summed E-state index contributed by atoms with van der Waals surface area (Å²) in [5.41, 5.74) is 2.10. The number of nitrogens with one attached hydrogen (secondary N) is 1. The smallest absolute Gasteiger partial charge is 0.161 e. The van der Waals surface area contributed by atoms with Crippen LogP contribution in [0.15, 0.2) is 18.2 Å². The number of nitrogens with zero attached hydrogens (tertiary/aromatic N) is 1. The molecule has 2 rings (SSSR count). The van der Waals surface area contributed by atoms with E-state index in [9.17, 15) is 0 Å². The van der Waals surface area contributed by atoms with Gasteiger partial charge in [-0.1, -0.05) is 6.92 Å². The molecule has 5 heteroatoms. The van der Waals surface area contributed by atoms with Gasteiger partial charge < -0.3 is 14.8 Å². The quantitative estimate of drug-likeness (QED) is 0.797. The van der Waals surface area contributed by atoms with Gasteiger partial charge in [0.05, 0.1) is 24.9 Å². The summed E-state index contributed by atoms with van der Waals surface area (Å²) in [5, 5.41) is 4.49. The summed E-state index contributed by atoms with van der Waals surface area (Å²) < 4.78 is 10.6. The lowest BCUT2D eigenvalue weighted by atomic mass is 10.1. The van der Waals surface area contributed by atoms with E-state index in [-0.39, 0.29) is 0 Å². The number of thiazole rings is 1. The molecule has 0 radical (unpaired) electrons. The Labute approximate surface area is 130 Å². The van der Waals surface area contributed by atoms with Crippen molar-refractivity contribution in [1.29, 1.82) is 0 Å². The number of ether oxygens (including phenoxy) is 2. The van der Waals surface area contributed by atoms with Crippen LogP contribution in [0.2, 0.25) is 0 Å². The van der Waals surface area contributed by atoms with Gasteiger partial charge in [0.2, 0.25) is 0 Å². The Hall–Kier alpha value is -1.59. The van der Waals surface area contributed by atoms with Gasteiger partial charge in [0.25, 0.3) is 0 Å². The van der Waals surface area contributed by atoms with Gasteiger partial charge >= 0.3 is 0 Å². The van der Waals surface area contributed by atoms with Crippen molar-refractivity contribution < 1.29 is 9.47 Å². The van der Waals surface area contributed by atoms with Gasteiger partial charge in [-0.25, -0.2) is 4.98 Å². The number of aryl methyl sites for hydroxylation is 1. The van der Waals surface area contributed by atoms with Crippen LogP contribution in [0.25, 0.3) is 11.3 Å². The van der Waals surface area contributed by atoms with Gasteiger partial charge in [-0.3, -0.25) is 0 Å². The van der Waals surface area contributed by atoms with Crippen LogP contribution in [-0.2, 0) is 6.42 Å².